The Hall–Kier alpha value is -0.120. The van der Waals surface area contributed by atoms with Gasteiger partial charge in [-0.1, -0.05) is 13.8 Å². The Kier molecular flexibility index (Phi) is 2.45. The van der Waals surface area contributed by atoms with Gasteiger partial charge in [-0.15, -0.1) is 0 Å². The number of hydrogen-bond donors (Lipinski definition) is 2. The predicted octanol–water partition coefficient (Wildman–Crippen LogP) is 0.110. The zero-order valence-electron chi connectivity index (χ0n) is 6.15. The summed E-state index contributed by atoms with van der Waals surface area (Å²) in [5, 5.41) is 2.17. The molecule has 0 aromatic rings. The highest BCUT2D eigenvalue weighted by Gasteiger charge is 2.17. The van der Waals surface area contributed by atoms with Gasteiger partial charge in [0.15, 0.2) is 0 Å². The Morgan fingerprint density at radius 2 is 2.33 bits per heavy atom. The van der Waals surface area contributed by atoms with Crippen LogP contribution in [0.15, 0.2) is 0 Å². The third-order valence-corrected chi connectivity index (χ3v) is 1.74. The summed E-state index contributed by atoms with van der Waals surface area (Å²) in [6.07, 6.45) is 1.20. The van der Waals surface area contributed by atoms with Gasteiger partial charge in [0.1, 0.15) is 0 Å². The van der Waals surface area contributed by atoms with Gasteiger partial charge in [-0.25, -0.2) is 10.4 Å². The van der Waals surface area contributed by atoms with Crippen molar-refractivity contribution in [1.29, 1.82) is 0 Å². The van der Waals surface area contributed by atoms with E-state index in [4.69, 9.17) is 0 Å². The molecule has 0 amide bonds. The zero-order valence-corrected chi connectivity index (χ0v) is 6.15. The van der Waals surface area contributed by atoms with Crippen molar-refractivity contribution < 1.29 is 0 Å². The van der Waals surface area contributed by atoms with Gasteiger partial charge in [0.25, 0.3) is 0 Å². The first-order chi connectivity index (χ1) is 4.36. The quantitative estimate of drug-likeness (QED) is 0.554. The highest BCUT2D eigenvalue weighted by molar-refractivity contribution is 4.70. The predicted molar refractivity (Wildman–Crippen MR) is 37.6 cm³/mol. The van der Waals surface area contributed by atoms with E-state index in [1.165, 1.54) is 6.42 Å². The number of likely N-dealkylation sites (N-methyl/N-ethyl adjacent to an activating group) is 1. The lowest BCUT2D eigenvalue weighted by atomic mass is 10.2. The van der Waals surface area contributed by atoms with Crippen molar-refractivity contribution in [3.63, 3.8) is 0 Å². The third kappa shape index (κ3) is 1.64. The van der Waals surface area contributed by atoms with Gasteiger partial charge in [0.05, 0.1) is 0 Å². The second-order valence-corrected chi connectivity index (χ2v) is 2.40. The van der Waals surface area contributed by atoms with E-state index in [9.17, 15) is 0 Å². The standard InChI is InChI=1S/C6H15N3/c1-3-6-5-9(4-2)8-7-6/h6-8H,3-5H2,1-2H3. The van der Waals surface area contributed by atoms with Crippen LogP contribution in [0.25, 0.3) is 0 Å². The van der Waals surface area contributed by atoms with Crippen LogP contribution in [0, 0.1) is 0 Å². The second kappa shape index (κ2) is 3.15. The van der Waals surface area contributed by atoms with E-state index >= 15 is 0 Å². The van der Waals surface area contributed by atoms with Crippen molar-refractivity contribution in [3.8, 4) is 0 Å². The normalized spacial score (nSPS) is 29.3. The molecule has 1 rings (SSSR count). The topological polar surface area (TPSA) is 27.3 Å². The molecule has 0 aromatic carbocycles. The van der Waals surface area contributed by atoms with Crippen LogP contribution < -0.4 is 11.0 Å². The SMILES string of the molecule is CCC1CN(CC)NN1. The van der Waals surface area contributed by atoms with E-state index in [1.807, 2.05) is 0 Å². The summed E-state index contributed by atoms with van der Waals surface area (Å²) in [6, 6.07) is 0.643. The van der Waals surface area contributed by atoms with Crippen molar-refractivity contribution >= 4 is 0 Å². The van der Waals surface area contributed by atoms with Crippen LogP contribution in [0.1, 0.15) is 20.3 Å². The van der Waals surface area contributed by atoms with E-state index in [1.54, 1.807) is 0 Å². The van der Waals surface area contributed by atoms with Gasteiger partial charge in [-0.05, 0) is 6.42 Å². The fraction of sp³-hybridized carbons (Fsp3) is 1.00. The van der Waals surface area contributed by atoms with Crippen LogP contribution in [0.3, 0.4) is 0 Å². The van der Waals surface area contributed by atoms with E-state index in [-0.39, 0.29) is 0 Å². The van der Waals surface area contributed by atoms with Crippen LogP contribution in [-0.2, 0) is 0 Å². The van der Waals surface area contributed by atoms with Crippen molar-refractivity contribution in [2.24, 2.45) is 0 Å². The average molecular weight is 129 g/mol. The first-order valence-corrected chi connectivity index (χ1v) is 3.63. The minimum absolute atomic E-state index is 0.643. The van der Waals surface area contributed by atoms with Crippen LogP contribution >= 0.6 is 0 Å². The van der Waals surface area contributed by atoms with Crippen molar-refractivity contribution in [2.45, 2.75) is 26.3 Å². The highest BCUT2D eigenvalue weighted by atomic mass is 15.7. The first-order valence-electron chi connectivity index (χ1n) is 3.63. The number of hydrogen-bond acceptors (Lipinski definition) is 3. The fourth-order valence-electron chi connectivity index (χ4n) is 0.979. The molecule has 1 atom stereocenters. The molecule has 1 fully saturated rings. The molecule has 1 saturated heterocycles. The van der Waals surface area contributed by atoms with Gasteiger partial charge >= 0.3 is 0 Å². The fourth-order valence-corrected chi connectivity index (χ4v) is 0.979. The van der Waals surface area contributed by atoms with E-state index in [0.29, 0.717) is 6.04 Å². The van der Waals surface area contributed by atoms with Crippen molar-refractivity contribution in [2.75, 3.05) is 13.1 Å². The molecule has 1 unspecified atom stereocenters. The highest BCUT2D eigenvalue weighted by Crippen LogP contribution is 1.97. The van der Waals surface area contributed by atoms with Crippen LogP contribution in [-0.4, -0.2) is 24.1 Å². The summed E-state index contributed by atoms with van der Waals surface area (Å²) in [5.74, 6) is 0. The van der Waals surface area contributed by atoms with E-state index in [2.05, 4.69) is 29.8 Å². The summed E-state index contributed by atoms with van der Waals surface area (Å²) >= 11 is 0. The monoisotopic (exact) mass is 129 g/mol. The number of rotatable bonds is 2. The third-order valence-electron chi connectivity index (χ3n) is 1.74. The number of nitrogens with zero attached hydrogens (tertiary/aromatic N) is 1. The molecule has 0 spiro atoms. The van der Waals surface area contributed by atoms with Gasteiger partial charge in [0, 0.05) is 19.1 Å². The Morgan fingerprint density at radius 3 is 2.67 bits per heavy atom. The van der Waals surface area contributed by atoms with Crippen LogP contribution in [0.4, 0.5) is 0 Å². The van der Waals surface area contributed by atoms with Crippen LogP contribution in [0.2, 0.25) is 0 Å². The molecule has 1 heterocycles. The molecule has 54 valence electrons. The molecule has 2 N–H and O–H groups in total. The van der Waals surface area contributed by atoms with Crippen molar-refractivity contribution in [1.82, 2.24) is 16.0 Å². The average Bonchev–Trinajstić information content (AvgIpc) is 2.34. The summed E-state index contributed by atoms with van der Waals surface area (Å²) in [7, 11) is 0. The minimum atomic E-state index is 0.643. The molecule has 3 nitrogen and oxygen atoms in total. The molecular formula is C6H15N3. The molecule has 9 heavy (non-hydrogen) atoms. The molecule has 0 saturated carbocycles. The lowest BCUT2D eigenvalue weighted by Gasteiger charge is -2.08. The smallest absolute Gasteiger partial charge is 0.0365 e. The Bertz CT molecular complexity index is 74.4. The first kappa shape index (κ1) is 6.99. The Labute approximate surface area is 56.4 Å². The molecule has 3 heteroatoms. The van der Waals surface area contributed by atoms with E-state index < -0.39 is 0 Å². The van der Waals surface area contributed by atoms with Gasteiger partial charge < -0.3 is 0 Å². The number of hydrazine groups is 2. The lowest BCUT2D eigenvalue weighted by molar-refractivity contribution is 0.246. The molecule has 1 aliphatic rings. The zero-order chi connectivity index (χ0) is 6.69. The maximum absolute atomic E-state index is 3.18. The van der Waals surface area contributed by atoms with Gasteiger partial charge in [-0.3, -0.25) is 0 Å². The molecule has 1 aliphatic heterocycles. The minimum Gasteiger partial charge on any atom is -0.240 e. The Balaban J connectivity index is 2.20. The van der Waals surface area contributed by atoms with Crippen molar-refractivity contribution in [3.05, 3.63) is 0 Å². The molecule has 0 bridgehead atoms. The maximum atomic E-state index is 3.18. The summed E-state index contributed by atoms with van der Waals surface area (Å²) in [5.41, 5.74) is 6.27. The number of nitrogens with one attached hydrogen (secondary N) is 2. The molecule has 0 radical (unpaired) electrons. The van der Waals surface area contributed by atoms with Gasteiger partial charge in [-0.2, -0.15) is 5.53 Å². The van der Waals surface area contributed by atoms with Crippen LogP contribution in [0.5, 0.6) is 0 Å². The second-order valence-electron chi connectivity index (χ2n) is 2.40. The Morgan fingerprint density at radius 1 is 1.56 bits per heavy atom. The van der Waals surface area contributed by atoms with Gasteiger partial charge in [0.2, 0.25) is 0 Å². The molecular weight excluding hydrogens is 114 g/mol. The maximum Gasteiger partial charge on any atom is 0.0365 e. The summed E-state index contributed by atoms with van der Waals surface area (Å²) in [6.45, 7) is 6.54. The lowest BCUT2D eigenvalue weighted by Crippen LogP contribution is -2.36. The summed E-state index contributed by atoms with van der Waals surface area (Å²) in [4.78, 5) is 0. The summed E-state index contributed by atoms with van der Waals surface area (Å²) < 4.78 is 0. The molecule has 0 aliphatic carbocycles. The largest absolute Gasteiger partial charge is 0.240 e. The molecule has 0 aromatic heterocycles. The van der Waals surface area contributed by atoms with E-state index in [0.717, 1.165) is 13.1 Å².